The normalized spacial score (nSPS) is 17.9. The van der Waals surface area contributed by atoms with Gasteiger partial charge in [0.1, 0.15) is 23.0 Å². The minimum absolute atomic E-state index is 0.0669. The Bertz CT molecular complexity index is 1290. The molecule has 4 heteroatoms. The Kier molecular flexibility index (Phi) is 8.20. The lowest BCUT2D eigenvalue weighted by atomic mass is 9.55. The molecule has 1 saturated carbocycles. The van der Waals surface area contributed by atoms with Crippen molar-refractivity contribution in [2.75, 3.05) is 0 Å². The van der Waals surface area contributed by atoms with Gasteiger partial charge in [-0.25, -0.2) is 0 Å². The SMILES string of the molecule is CC(C)(c1ccc(O)cc1)c1ccc(O)cc1.CC1CC(C)(C)CC(c2ccc(O)cc2)(c2ccc(O)cc2)C1. The molecule has 4 aromatic carbocycles. The van der Waals surface area contributed by atoms with Crippen molar-refractivity contribution in [3.8, 4) is 23.0 Å². The standard InChI is InChI=1S/C21H26O2.C15H16O2/c1-15-12-20(2,3)14-21(13-15,16-4-8-18(22)9-5-16)17-6-10-19(23)11-7-17;1-15(2,11-3-7-13(16)8-4-11)12-5-9-14(17)10-6-12/h4-11,15,22-23H,12-14H2,1-3H3;3-10,16-17H,1-2H3. The summed E-state index contributed by atoms with van der Waals surface area (Å²) in [6.07, 6.45) is 3.39. The molecule has 1 unspecified atom stereocenters. The fraction of sp³-hybridized carbons (Fsp3) is 0.333. The second-order valence-electron chi connectivity index (χ2n) is 12.7. The van der Waals surface area contributed by atoms with Crippen molar-refractivity contribution in [1.82, 2.24) is 0 Å². The largest absolute Gasteiger partial charge is 0.508 e. The van der Waals surface area contributed by atoms with Gasteiger partial charge in [-0.3, -0.25) is 0 Å². The highest BCUT2D eigenvalue weighted by atomic mass is 16.3. The number of rotatable bonds is 4. The van der Waals surface area contributed by atoms with Crippen molar-refractivity contribution < 1.29 is 20.4 Å². The van der Waals surface area contributed by atoms with E-state index in [1.807, 2.05) is 24.3 Å². The molecule has 0 spiro atoms. The van der Waals surface area contributed by atoms with Crippen LogP contribution in [0, 0.1) is 11.3 Å². The fourth-order valence-electron chi connectivity index (χ4n) is 6.66. The number of benzene rings is 4. The second kappa shape index (κ2) is 11.3. The van der Waals surface area contributed by atoms with Crippen LogP contribution in [0.4, 0.5) is 0 Å². The third-order valence-electron chi connectivity index (χ3n) is 8.40. The van der Waals surface area contributed by atoms with Crippen LogP contribution >= 0.6 is 0 Å². The second-order valence-corrected chi connectivity index (χ2v) is 12.7. The molecule has 1 aliphatic carbocycles. The zero-order valence-electron chi connectivity index (χ0n) is 24.2. The van der Waals surface area contributed by atoms with Gasteiger partial charge in [0.2, 0.25) is 0 Å². The molecule has 1 fully saturated rings. The van der Waals surface area contributed by atoms with Crippen LogP contribution in [0.15, 0.2) is 97.1 Å². The Morgan fingerprint density at radius 3 is 1.20 bits per heavy atom. The zero-order chi connectivity index (χ0) is 29.1. The first-order valence-electron chi connectivity index (χ1n) is 14.0. The first kappa shape index (κ1) is 29.1. The fourth-order valence-corrected chi connectivity index (χ4v) is 6.66. The van der Waals surface area contributed by atoms with Gasteiger partial charge in [-0.05, 0) is 101 Å². The molecule has 0 radical (unpaired) electrons. The van der Waals surface area contributed by atoms with Gasteiger partial charge in [0.05, 0.1) is 0 Å². The molecule has 4 N–H and O–H groups in total. The minimum Gasteiger partial charge on any atom is -0.508 e. The molecule has 210 valence electrons. The number of hydrogen-bond donors (Lipinski definition) is 4. The summed E-state index contributed by atoms with van der Waals surface area (Å²) in [5, 5.41) is 37.9. The molecule has 0 heterocycles. The maximum absolute atomic E-state index is 9.67. The third kappa shape index (κ3) is 6.44. The summed E-state index contributed by atoms with van der Waals surface area (Å²) in [6.45, 7) is 11.3. The van der Waals surface area contributed by atoms with E-state index < -0.39 is 0 Å². The smallest absolute Gasteiger partial charge is 0.115 e. The summed E-state index contributed by atoms with van der Waals surface area (Å²) >= 11 is 0. The molecule has 0 bridgehead atoms. The molecule has 0 aliphatic heterocycles. The maximum Gasteiger partial charge on any atom is 0.115 e. The van der Waals surface area contributed by atoms with Crippen molar-refractivity contribution >= 4 is 0 Å². The highest BCUT2D eigenvalue weighted by Crippen LogP contribution is 2.53. The Hall–Kier alpha value is -3.92. The van der Waals surface area contributed by atoms with Gasteiger partial charge < -0.3 is 20.4 Å². The molecule has 4 aromatic rings. The van der Waals surface area contributed by atoms with Crippen LogP contribution < -0.4 is 0 Å². The molecule has 1 aliphatic rings. The van der Waals surface area contributed by atoms with Crippen LogP contribution in [0.5, 0.6) is 23.0 Å². The Morgan fingerprint density at radius 2 is 0.875 bits per heavy atom. The zero-order valence-corrected chi connectivity index (χ0v) is 24.2. The predicted octanol–water partition coefficient (Wildman–Crippen LogP) is 8.65. The monoisotopic (exact) mass is 538 g/mol. The first-order valence-corrected chi connectivity index (χ1v) is 14.0. The van der Waals surface area contributed by atoms with Crippen molar-refractivity contribution in [2.24, 2.45) is 11.3 Å². The van der Waals surface area contributed by atoms with Gasteiger partial charge in [0.25, 0.3) is 0 Å². The van der Waals surface area contributed by atoms with Crippen molar-refractivity contribution in [1.29, 1.82) is 0 Å². The molecular weight excluding hydrogens is 496 g/mol. The van der Waals surface area contributed by atoms with E-state index in [-0.39, 0.29) is 27.7 Å². The lowest BCUT2D eigenvalue weighted by Crippen LogP contribution is -2.41. The summed E-state index contributed by atoms with van der Waals surface area (Å²) in [7, 11) is 0. The number of aromatic hydroxyl groups is 4. The van der Waals surface area contributed by atoms with Crippen LogP contribution in [0.3, 0.4) is 0 Å². The Balaban J connectivity index is 0.000000194. The summed E-state index contributed by atoms with van der Waals surface area (Å²) in [5.41, 5.74) is 4.79. The molecule has 5 rings (SSSR count). The molecule has 0 aromatic heterocycles. The lowest BCUT2D eigenvalue weighted by Gasteiger charge is -2.48. The van der Waals surface area contributed by atoms with E-state index in [0.29, 0.717) is 17.4 Å². The Morgan fingerprint density at radius 1 is 0.550 bits per heavy atom. The number of phenols is 4. The summed E-state index contributed by atoms with van der Waals surface area (Å²) in [6, 6.07) is 29.8. The maximum atomic E-state index is 9.67. The molecule has 1 atom stereocenters. The van der Waals surface area contributed by atoms with Crippen molar-refractivity contribution in [3.63, 3.8) is 0 Å². The van der Waals surface area contributed by atoms with E-state index in [0.717, 1.165) is 24.0 Å². The number of phenolic OH excluding ortho intramolecular Hbond substituents is 4. The minimum atomic E-state index is -0.151. The van der Waals surface area contributed by atoms with E-state index >= 15 is 0 Å². The Labute approximate surface area is 238 Å². The van der Waals surface area contributed by atoms with Gasteiger partial charge in [-0.2, -0.15) is 0 Å². The molecular formula is C36H42O4. The summed E-state index contributed by atoms with van der Waals surface area (Å²) < 4.78 is 0. The van der Waals surface area contributed by atoms with Crippen LogP contribution in [0.2, 0.25) is 0 Å². The van der Waals surface area contributed by atoms with Crippen LogP contribution in [0.1, 0.15) is 76.1 Å². The summed E-state index contributed by atoms with van der Waals surface area (Å²) in [5.74, 6) is 1.78. The van der Waals surface area contributed by atoms with E-state index in [1.54, 1.807) is 48.5 Å². The van der Waals surface area contributed by atoms with Gasteiger partial charge in [-0.1, -0.05) is 83.1 Å². The van der Waals surface area contributed by atoms with Gasteiger partial charge in [-0.15, -0.1) is 0 Å². The number of hydrogen-bond acceptors (Lipinski definition) is 4. The lowest BCUT2D eigenvalue weighted by molar-refractivity contribution is 0.127. The van der Waals surface area contributed by atoms with Gasteiger partial charge in [0.15, 0.2) is 0 Å². The molecule has 4 nitrogen and oxygen atoms in total. The first-order chi connectivity index (χ1) is 18.8. The van der Waals surface area contributed by atoms with Crippen molar-refractivity contribution in [3.05, 3.63) is 119 Å². The third-order valence-corrected chi connectivity index (χ3v) is 8.40. The average molecular weight is 539 g/mol. The van der Waals surface area contributed by atoms with Gasteiger partial charge in [0, 0.05) is 10.8 Å². The van der Waals surface area contributed by atoms with Crippen molar-refractivity contribution in [2.45, 2.75) is 64.7 Å². The highest BCUT2D eigenvalue weighted by Gasteiger charge is 2.45. The predicted molar refractivity (Wildman–Crippen MR) is 162 cm³/mol. The van der Waals surface area contributed by atoms with E-state index in [9.17, 15) is 20.4 Å². The van der Waals surface area contributed by atoms with E-state index in [2.05, 4.69) is 58.9 Å². The highest BCUT2D eigenvalue weighted by molar-refractivity contribution is 5.44. The molecule has 40 heavy (non-hydrogen) atoms. The van der Waals surface area contributed by atoms with Crippen LogP contribution in [-0.4, -0.2) is 20.4 Å². The topological polar surface area (TPSA) is 80.9 Å². The quantitative estimate of drug-likeness (QED) is 0.210. The average Bonchev–Trinajstić information content (AvgIpc) is 2.89. The molecule has 0 amide bonds. The van der Waals surface area contributed by atoms with E-state index in [1.165, 1.54) is 17.5 Å². The summed E-state index contributed by atoms with van der Waals surface area (Å²) in [4.78, 5) is 0. The van der Waals surface area contributed by atoms with E-state index in [4.69, 9.17) is 0 Å². The van der Waals surface area contributed by atoms with Crippen LogP contribution in [-0.2, 0) is 10.8 Å². The van der Waals surface area contributed by atoms with Crippen LogP contribution in [0.25, 0.3) is 0 Å². The van der Waals surface area contributed by atoms with Gasteiger partial charge >= 0.3 is 0 Å². The molecule has 0 saturated heterocycles.